The lowest BCUT2D eigenvalue weighted by Gasteiger charge is -2.33. The van der Waals surface area contributed by atoms with Crippen LogP contribution in [0.1, 0.15) is 32.4 Å². The fourth-order valence-corrected chi connectivity index (χ4v) is 2.58. The highest BCUT2D eigenvalue weighted by atomic mass is 16.2. The zero-order chi connectivity index (χ0) is 13.0. The molecule has 1 aliphatic rings. The topological polar surface area (TPSA) is 33.2 Å². The highest BCUT2D eigenvalue weighted by Gasteiger charge is 2.24. The van der Waals surface area contributed by atoms with Gasteiger partial charge in [0.1, 0.15) is 0 Å². The minimum Gasteiger partial charge on any atom is -0.342 e. The van der Waals surface area contributed by atoms with E-state index in [0.717, 1.165) is 43.5 Å². The molecule has 1 amide bonds. The fraction of sp³-hybridized carbons (Fsp3) is 0.600. The predicted molar refractivity (Wildman–Crippen MR) is 72.1 cm³/mol. The summed E-state index contributed by atoms with van der Waals surface area (Å²) in [6, 6.07) is 5.72. The van der Waals surface area contributed by atoms with E-state index < -0.39 is 0 Å². The first-order valence-electron chi connectivity index (χ1n) is 6.84. The Morgan fingerprint density at radius 2 is 2.11 bits per heavy atom. The number of amides is 1. The molecule has 0 aliphatic carbocycles. The molecule has 18 heavy (non-hydrogen) atoms. The predicted octanol–water partition coefficient (Wildman–Crippen LogP) is 2.52. The van der Waals surface area contributed by atoms with E-state index in [1.165, 1.54) is 0 Å². The van der Waals surface area contributed by atoms with Crippen LogP contribution in [0.4, 0.5) is 0 Å². The minimum atomic E-state index is 0.218. The van der Waals surface area contributed by atoms with E-state index in [0.29, 0.717) is 6.42 Å². The Morgan fingerprint density at radius 3 is 2.67 bits per heavy atom. The molecule has 0 atom stereocenters. The van der Waals surface area contributed by atoms with Gasteiger partial charge in [0, 0.05) is 25.0 Å². The van der Waals surface area contributed by atoms with Crippen LogP contribution in [0.3, 0.4) is 0 Å². The van der Waals surface area contributed by atoms with Crippen molar-refractivity contribution < 1.29 is 4.79 Å². The summed E-state index contributed by atoms with van der Waals surface area (Å²) in [6.45, 7) is 6.37. The van der Waals surface area contributed by atoms with Gasteiger partial charge in [-0.05, 0) is 36.8 Å². The molecule has 3 nitrogen and oxygen atoms in total. The van der Waals surface area contributed by atoms with E-state index in [4.69, 9.17) is 0 Å². The molecule has 0 spiro atoms. The van der Waals surface area contributed by atoms with E-state index in [2.05, 4.69) is 18.8 Å². The number of pyridine rings is 1. The molecule has 2 heterocycles. The average molecular weight is 246 g/mol. The van der Waals surface area contributed by atoms with E-state index in [1.807, 2.05) is 23.1 Å². The maximum atomic E-state index is 12.1. The second-order valence-electron chi connectivity index (χ2n) is 5.46. The van der Waals surface area contributed by atoms with E-state index >= 15 is 0 Å². The van der Waals surface area contributed by atoms with Gasteiger partial charge in [-0.2, -0.15) is 0 Å². The third-order valence-corrected chi connectivity index (χ3v) is 3.89. The van der Waals surface area contributed by atoms with Crippen LogP contribution in [0.25, 0.3) is 0 Å². The zero-order valence-electron chi connectivity index (χ0n) is 11.3. The van der Waals surface area contributed by atoms with Crippen LogP contribution in [0.5, 0.6) is 0 Å². The number of rotatable bonds is 3. The summed E-state index contributed by atoms with van der Waals surface area (Å²) < 4.78 is 0. The van der Waals surface area contributed by atoms with E-state index in [-0.39, 0.29) is 5.91 Å². The average Bonchev–Trinajstić information content (AvgIpc) is 2.40. The van der Waals surface area contributed by atoms with Gasteiger partial charge in [0.2, 0.25) is 5.91 Å². The monoisotopic (exact) mass is 246 g/mol. The first kappa shape index (κ1) is 13.1. The SMILES string of the molecule is CC(C)C1CCN(C(=O)Cc2ccccn2)CC1. The minimum absolute atomic E-state index is 0.218. The van der Waals surface area contributed by atoms with Crippen LogP contribution in [-0.4, -0.2) is 28.9 Å². The van der Waals surface area contributed by atoms with Gasteiger partial charge in [-0.15, -0.1) is 0 Å². The second-order valence-corrected chi connectivity index (χ2v) is 5.46. The highest BCUT2D eigenvalue weighted by Crippen LogP contribution is 2.24. The third kappa shape index (κ3) is 3.31. The molecule has 0 unspecified atom stereocenters. The van der Waals surface area contributed by atoms with Gasteiger partial charge in [0.15, 0.2) is 0 Å². The molecule has 1 saturated heterocycles. The summed E-state index contributed by atoms with van der Waals surface area (Å²) in [7, 11) is 0. The molecule has 1 aliphatic heterocycles. The lowest BCUT2D eigenvalue weighted by Crippen LogP contribution is -2.40. The van der Waals surface area contributed by atoms with Gasteiger partial charge in [-0.1, -0.05) is 19.9 Å². The summed E-state index contributed by atoms with van der Waals surface area (Å²) in [5, 5.41) is 0. The van der Waals surface area contributed by atoms with Crippen molar-refractivity contribution in [1.82, 2.24) is 9.88 Å². The quantitative estimate of drug-likeness (QED) is 0.821. The Morgan fingerprint density at radius 1 is 1.39 bits per heavy atom. The van der Waals surface area contributed by atoms with Gasteiger partial charge >= 0.3 is 0 Å². The van der Waals surface area contributed by atoms with Crippen molar-refractivity contribution in [3.05, 3.63) is 30.1 Å². The van der Waals surface area contributed by atoms with Crippen LogP contribution in [-0.2, 0) is 11.2 Å². The number of carbonyl (C=O) groups excluding carboxylic acids is 1. The van der Waals surface area contributed by atoms with Gasteiger partial charge in [-0.3, -0.25) is 9.78 Å². The maximum Gasteiger partial charge on any atom is 0.228 e. The number of piperidine rings is 1. The van der Waals surface area contributed by atoms with Crippen molar-refractivity contribution in [1.29, 1.82) is 0 Å². The molecule has 0 saturated carbocycles. The summed E-state index contributed by atoms with van der Waals surface area (Å²) in [5.74, 6) is 1.73. The molecular weight excluding hydrogens is 224 g/mol. The zero-order valence-corrected chi connectivity index (χ0v) is 11.3. The number of hydrogen-bond donors (Lipinski definition) is 0. The van der Waals surface area contributed by atoms with Crippen LogP contribution in [0.2, 0.25) is 0 Å². The molecule has 0 radical (unpaired) electrons. The van der Waals surface area contributed by atoms with Crippen molar-refractivity contribution >= 4 is 5.91 Å². The van der Waals surface area contributed by atoms with Crippen LogP contribution >= 0.6 is 0 Å². The lowest BCUT2D eigenvalue weighted by molar-refractivity contribution is -0.132. The van der Waals surface area contributed by atoms with Crippen molar-refractivity contribution in [2.45, 2.75) is 33.1 Å². The summed E-state index contributed by atoms with van der Waals surface area (Å²) in [6.07, 6.45) is 4.47. The highest BCUT2D eigenvalue weighted by molar-refractivity contribution is 5.78. The number of aromatic nitrogens is 1. The molecule has 3 heteroatoms. The standard InChI is InChI=1S/C15H22N2O/c1-12(2)13-6-9-17(10-7-13)15(18)11-14-5-3-4-8-16-14/h3-5,8,12-13H,6-7,9-11H2,1-2H3. The Balaban J connectivity index is 1.85. The van der Waals surface area contributed by atoms with Gasteiger partial charge in [0.25, 0.3) is 0 Å². The first-order valence-corrected chi connectivity index (χ1v) is 6.84. The van der Waals surface area contributed by atoms with Crippen molar-refractivity contribution in [2.24, 2.45) is 11.8 Å². The maximum absolute atomic E-state index is 12.1. The molecule has 2 rings (SSSR count). The molecule has 0 bridgehead atoms. The van der Waals surface area contributed by atoms with Crippen molar-refractivity contribution in [3.63, 3.8) is 0 Å². The van der Waals surface area contributed by atoms with E-state index in [9.17, 15) is 4.79 Å². The fourth-order valence-electron chi connectivity index (χ4n) is 2.58. The van der Waals surface area contributed by atoms with Crippen LogP contribution < -0.4 is 0 Å². The van der Waals surface area contributed by atoms with Crippen molar-refractivity contribution in [2.75, 3.05) is 13.1 Å². The van der Waals surface area contributed by atoms with Crippen molar-refractivity contribution in [3.8, 4) is 0 Å². The lowest BCUT2D eigenvalue weighted by atomic mass is 9.86. The Labute approximate surface area is 109 Å². The smallest absolute Gasteiger partial charge is 0.228 e. The Bertz CT molecular complexity index is 381. The second kappa shape index (κ2) is 5.98. The first-order chi connectivity index (χ1) is 8.66. The van der Waals surface area contributed by atoms with E-state index in [1.54, 1.807) is 6.20 Å². The molecule has 1 aromatic rings. The number of likely N-dealkylation sites (tertiary alicyclic amines) is 1. The summed E-state index contributed by atoms with van der Waals surface area (Å²) >= 11 is 0. The molecule has 1 aromatic heterocycles. The number of carbonyl (C=O) groups is 1. The van der Waals surface area contributed by atoms with Crippen LogP contribution in [0.15, 0.2) is 24.4 Å². The van der Waals surface area contributed by atoms with Gasteiger partial charge in [-0.25, -0.2) is 0 Å². The number of nitrogens with zero attached hydrogens (tertiary/aromatic N) is 2. The van der Waals surface area contributed by atoms with Gasteiger partial charge < -0.3 is 4.90 Å². The van der Waals surface area contributed by atoms with Gasteiger partial charge in [0.05, 0.1) is 6.42 Å². The Kier molecular flexibility index (Phi) is 4.34. The number of hydrogen-bond acceptors (Lipinski definition) is 2. The summed E-state index contributed by atoms with van der Waals surface area (Å²) in [5.41, 5.74) is 0.869. The third-order valence-electron chi connectivity index (χ3n) is 3.89. The normalized spacial score (nSPS) is 17.2. The Hall–Kier alpha value is -1.38. The molecule has 98 valence electrons. The molecule has 0 N–H and O–H groups in total. The van der Waals surface area contributed by atoms with Crippen LogP contribution in [0, 0.1) is 11.8 Å². The molecule has 0 aromatic carbocycles. The molecule has 1 fully saturated rings. The largest absolute Gasteiger partial charge is 0.342 e. The molecular formula is C15H22N2O. The summed E-state index contributed by atoms with van der Waals surface area (Å²) in [4.78, 5) is 18.3.